The van der Waals surface area contributed by atoms with Crippen LogP contribution in [0.15, 0.2) is 41.8 Å². The van der Waals surface area contributed by atoms with Gasteiger partial charge in [0.1, 0.15) is 12.4 Å². The van der Waals surface area contributed by atoms with Crippen molar-refractivity contribution in [3.63, 3.8) is 0 Å². The van der Waals surface area contributed by atoms with Gasteiger partial charge in [-0.05, 0) is 43.3 Å². The van der Waals surface area contributed by atoms with E-state index in [1.807, 2.05) is 55.8 Å². The first-order valence-electron chi connectivity index (χ1n) is 12.1. The molecule has 2 aromatic heterocycles. The first-order valence-corrected chi connectivity index (χ1v) is 14.0. The minimum atomic E-state index is -0.258. The molecule has 0 spiro atoms. The average molecular weight is 511 g/mol. The molecule has 1 aromatic carbocycles. The maximum Gasteiger partial charge on any atom is 0.240 e. The highest BCUT2D eigenvalue weighted by Gasteiger charge is 2.40. The van der Waals surface area contributed by atoms with Gasteiger partial charge in [0.2, 0.25) is 11.8 Å². The van der Waals surface area contributed by atoms with Crippen molar-refractivity contribution in [2.24, 2.45) is 0 Å². The van der Waals surface area contributed by atoms with Crippen molar-refractivity contribution in [3.05, 3.63) is 63.5 Å². The molecule has 4 rings (SSSR count). The number of para-hydroxylation sites is 1. The summed E-state index contributed by atoms with van der Waals surface area (Å²) in [7, 11) is 0. The predicted molar refractivity (Wildman–Crippen MR) is 146 cm³/mol. The number of fused-ring (bicyclic) bond motifs is 1. The van der Waals surface area contributed by atoms with Gasteiger partial charge in [-0.2, -0.15) is 5.10 Å². The fourth-order valence-corrected chi connectivity index (χ4v) is 6.45. The quantitative estimate of drug-likeness (QED) is 0.467. The highest BCUT2D eigenvalue weighted by molar-refractivity contribution is 8.00. The van der Waals surface area contributed by atoms with E-state index in [9.17, 15) is 9.59 Å². The molecule has 8 heteroatoms. The Hall–Kier alpha value is -2.58. The summed E-state index contributed by atoms with van der Waals surface area (Å²) in [5, 5.41) is 10.2. The molecule has 0 bridgehead atoms. The summed E-state index contributed by atoms with van der Waals surface area (Å²) in [5.41, 5.74) is 3.68. The third-order valence-electron chi connectivity index (χ3n) is 6.27. The molecule has 35 heavy (non-hydrogen) atoms. The van der Waals surface area contributed by atoms with Crippen LogP contribution in [-0.4, -0.2) is 39.9 Å². The van der Waals surface area contributed by atoms with Gasteiger partial charge in [0.25, 0.3) is 0 Å². The fourth-order valence-electron chi connectivity index (χ4n) is 4.27. The summed E-state index contributed by atoms with van der Waals surface area (Å²) in [4.78, 5) is 29.5. The Morgan fingerprint density at radius 1 is 1.23 bits per heavy atom. The van der Waals surface area contributed by atoms with Crippen LogP contribution in [0.5, 0.6) is 0 Å². The zero-order chi connectivity index (χ0) is 25.3. The van der Waals surface area contributed by atoms with E-state index in [-0.39, 0.29) is 35.1 Å². The number of rotatable bonds is 6. The Morgan fingerprint density at radius 3 is 2.60 bits per heavy atom. The van der Waals surface area contributed by atoms with Crippen LogP contribution >= 0.6 is 23.1 Å². The van der Waals surface area contributed by atoms with Crippen molar-refractivity contribution in [2.75, 3.05) is 17.2 Å². The molecule has 1 aliphatic rings. The van der Waals surface area contributed by atoms with Gasteiger partial charge in [0, 0.05) is 21.9 Å². The zero-order valence-corrected chi connectivity index (χ0v) is 22.9. The van der Waals surface area contributed by atoms with Gasteiger partial charge in [-0.25, -0.2) is 4.68 Å². The Kier molecular flexibility index (Phi) is 7.43. The molecular weight excluding hydrogens is 476 g/mol. The first kappa shape index (κ1) is 25.5. The molecule has 2 amide bonds. The lowest BCUT2D eigenvalue weighted by atomic mass is 9.88. The maximum absolute atomic E-state index is 13.6. The number of hydrogen-bond donors (Lipinski definition) is 1. The lowest BCUT2D eigenvalue weighted by molar-refractivity contribution is -0.123. The summed E-state index contributed by atoms with van der Waals surface area (Å²) in [5.74, 6) is 0.764. The zero-order valence-electron chi connectivity index (χ0n) is 21.3. The van der Waals surface area contributed by atoms with E-state index in [2.05, 4.69) is 37.5 Å². The van der Waals surface area contributed by atoms with Gasteiger partial charge in [-0.1, -0.05) is 52.0 Å². The second-order valence-corrected chi connectivity index (χ2v) is 12.2. The van der Waals surface area contributed by atoms with Crippen LogP contribution in [0.1, 0.15) is 68.0 Å². The third kappa shape index (κ3) is 5.19. The summed E-state index contributed by atoms with van der Waals surface area (Å²) >= 11 is 3.31. The number of aromatic nitrogens is 2. The number of thioether (sulfide) groups is 1. The molecule has 0 saturated heterocycles. The molecule has 0 saturated carbocycles. The van der Waals surface area contributed by atoms with E-state index in [1.54, 1.807) is 28.0 Å². The molecule has 3 aromatic rings. The number of amides is 2. The Morgan fingerprint density at radius 2 is 1.97 bits per heavy atom. The van der Waals surface area contributed by atoms with Crippen molar-refractivity contribution in [2.45, 2.75) is 64.7 Å². The highest BCUT2D eigenvalue weighted by atomic mass is 32.2. The number of thiophene rings is 1. The highest BCUT2D eigenvalue weighted by Crippen LogP contribution is 2.49. The number of aryl methyl sites for hydroxylation is 1. The Labute approximate surface area is 216 Å². The molecule has 0 radical (unpaired) electrons. The number of nitrogens with one attached hydrogen (secondary N) is 1. The second-order valence-electron chi connectivity index (χ2n) is 10.1. The lowest BCUT2D eigenvalue weighted by Crippen LogP contribution is -2.44. The lowest BCUT2D eigenvalue weighted by Gasteiger charge is -2.25. The van der Waals surface area contributed by atoms with Gasteiger partial charge < -0.3 is 5.32 Å². The maximum atomic E-state index is 13.6. The number of nitrogens with zero attached hydrogens (tertiary/aromatic N) is 3. The Balaban J connectivity index is 1.98. The minimum Gasteiger partial charge on any atom is -0.352 e. The average Bonchev–Trinajstić information content (AvgIpc) is 3.44. The van der Waals surface area contributed by atoms with Crippen molar-refractivity contribution in [1.29, 1.82) is 0 Å². The van der Waals surface area contributed by atoms with Gasteiger partial charge >= 0.3 is 0 Å². The van der Waals surface area contributed by atoms with Crippen LogP contribution in [0.25, 0.3) is 5.69 Å². The van der Waals surface area contributed by atoms with Crippen LogP contribution in [-0.2, 0) is 15.0 Å². The van der Waals surface area contributed by atoms with Crippen molar-refractivity contribution >= 4 is 40.7 Å². The molecule has 3 heterocycles. The van der Waals surface area contributed by atoms with Crippen LogP contribution in [0.4, 0.5) is 5.82 Å². The van der Waals surface area contributed by atoms with Crippen molar-refractivity contribution in [3.8, 4) is 5.69 Å². The van der Waals surface area contributed by atoms with Gasteiger partial charge in [0.05, 0.1) is 22.4 Å². The molecule has 6 nitrogen and oxygen atoms in total. The van der Waals surface area contributed by atoms with Gasteiger partial charge in [-0.15, -0.1) is 23.1 Å². The van der Waals surface area contributed by atoms with Crippen LogP contribution in [0, 0.1) is 6.92 Å². The number of hydrogen-bond acceptors (Lipinski definition) is 5. The normalized spacial score (nSPS) is 17.1. The topological polar surface area (TPSA) is 67.2 Å². The largest absolute Gasteiger partial charge is 0.352 e. The fraction of sp³-hybridized carbons (Fsp3) is 0.444. The molecule has 0 unspecified atom stereocenters. The van der Waals surface area contributed by atoms with Crippen LogP contribution < -0.4 is 10.2 Å². The molecule has 186 valence electrons. The molecule has 1 N–H and O–H groups in total. The van der Waals surface area contributed by atoms with E-state index < -0.39 is 0 Å². The van der Waals surface area contributed by atoms with Crippen molar-refractivity contribution in [1.82, 2.24) is 15.1 Å². The summed E-state index contributed by atoms with van der Waals surface area (Å²) in [6.45, 7) is 12.5. The van der Waals surface area contributed by atoms with Crippen molar-refractivity contribution < 1.29 is 9.59 Å². The first-order chi connectivity index (χ1) is 16.6. The van der Waals surface area contributed by atoms with Gasteiger partial charge in [0.15, 0.2) is 0 Å². The van der Waals surface area contributed by atoms with E-state index in [0.29, 0.717) is 11.6 Å². The number of carbonyl (C=O) groups is 2. The van der Waals surface area contributed by atoms with E-state index in [4.69, 9.17) is 5.10 Å². The third-order valence-corrected chi connectivity index (χ3v) is 8.59. The number of benzene rings is 1. The summed E-state index contributed by atoms with van der Waals surface area (Å²) in [6, 6.07) is 12.3. The monoisotopic (exact) mass is 510 g/mol. The number of anilines is 1. The summed E-state index contributed by atoms with van der Waals surface area (Å²) < 4.78 is 1.90. The van der Waals surface area contributed by atoms with Gasteiger partial charge in [-0.3, -0.25) is 14.5 Å². The van der Waals surface area contributed by atoms with E-state index in [1.165, 1.54) is 4.88 Å². The van der Waals surface area contributed by atoms with E-state index >= 15 is 0 Å². The minimum absolute atomic E-state index is 0.0327. The Bertz CT molecular complexity index is 1210. The molecule has 1 aliphatic heterocycles. The number of carbonyl (C=O) groups excluding carboxylic acids is 2. The molecule has 2 atom stereocenters. The SMILES string of the molecule is CC[C@@H](C)NC(=O)CN1C(=O)CS[C@H](c2cccs2)c2c(C(C)(C)C)nn(-c3ccccc3C)c21. The standard InChI is InChI=1S/C27H34N4O2S2/c1-7-18(3)28-21(32)15-30-22(33)16-35-24(20-13-10-14-34-20)23-25(27(4,5)6)29-31(26(23)30)19-12-9-8-11-17(19)2/h8-14,18,24H,7,15-16H2,1-6H3,(H,28,32)/t18-,24-/m1/s1. The van der Waals surface area contributed by atoms with E-state index in [0.717, 1.165) is 28.9 Å². The predicted octanol–water partition coefficient (Wildman–Crippen LogP) is 5.62. The molecule has 0 fully saturated rings. The molecule has 0 aliphatic carbocycles. The second kappa shape index (κ2) is 10.2. The van der Waals surface area contributed by atoms with Crippen LogP contribution in [0.2, 0.25) is 0 Å². The van der Waals surface area contributed by atoms with Crippen LogP contribution in [0.3, 0.4) is 0 Å². The molecular formula is C27H34N4O2S2. The smallest absolute Gasteiger partial charge is 0.240 e. The summed E-state index contributed by atoms with van der Waals surface area (Å²) in [6.07, 6.45) is 0.830.